The number of urea groups is 1. The van der Waals surface area contributed by atoms with Gasteiger partial charge in [0.1, 0.15) is 12.1 Å². The summed E-state index contributed by atoms with van der Waals surface area (Å²) in [6.07, 6.45) is 2.05. The molecule has 0 radical (unpaired) electrons. The summed E-state index contributed by atoms with van der Waals surface area (Å²) in [5.41, 5.74) is -0.388. The highest BCUT2D eigenvalue weighted by molar-refractivity contribution is 5.88. The van der Waals surface area contributed by atoms with E-state index in [1.165, 1.54) is 6.07 Å². The molecule has 1 aliphatic rings. The minimum absolute atomic E-state index is 0.0127. The van der Waals surface area contributed by atoms with Crippen molar-refractivity contribution < 1.29 is 18.8 Å². The number of nitro benzene ring substituents is 1. The highest BCUT2D eigenvalue weighted by Crippen LogP contribution is 2.27. The van der Waals surface area contributed by atoms with Gasteiger partial charge in [-0.2, -0.15) is 0 Å². The van der Waals surface area contributed by atoms with E-state index >= 15 is 0 Å². The molecule has 10 nitrogen and oxygen atoms in total. The van der Waals surface area contributed by atoms with Crippen LogP contribution in [-0.4, -0.2) is 63.9 Å². The van der Waals surface area contributed by atoms with E-state index in [4.69, 9.17) is 4.74 Å². The minimum atomic E-state index is -0.900. The van der Waals surface area contributed by atoms with Crippen LogP contribution in [0.2, 0.25) is 0 Å². The third kappa shape index (κ3) is 4.49. The topological polar surface area (TPSA) is 114 Å². The smallest absolute Gasteiger partial charge is 0.323 e. The molecule has 1 aromatic carbocycles. The normalized spacial score (nSPS) is 16.6. The Morgan fingerprint density at radius 3 is 2.86 bits per heavy atom. The highest BCUT2D eigenvalue weighted by atomic mass is 19.1. The van der Waals surface area contributed by atoms with Crippen LogP contribution in [0.3, 0.4) is 0 Å². The summed E-state index contributed by atoms with van der Waals surface area (Å²) in [4.78, 5) is 34.0. The number of hydrogen-bond acceptors (Lipinski definition) is 7. The first-order chi connectivity index (χ1) is 13.3. The first-order valence-electron chi connectivity index (χ1n) is 8.49. The average molecular weight is 390 g/mol. The van der Waals surface area contributed by atoms with Gasteiger partial charge in [-0.3, -0.25) is 15.4 Å². The number of nitrogens with one attached hydrogen (secondary N) is 1. The molecule has 1 unspecified atom stereocenters. The lowest BCUT2D eigenvalue weighted by Gasteiger charge is -2.24. The number of benzene rings is 1. The molecule has 0 spiro atoms. The van der Waals surface area contributed by atoms with Crippen LogP contribution in [0.4, 0.5) is 20.7 Å². The number of carbonyl (C=O) groups is 1. The second-order valence-electron chi connectivity index (χ2n) is 6.46. The number of anilines is 1. The molecule has 148 valence electrons. The zero-order chi connectivity index (χ0) is 20.3. The molecule has 0 saturated carbocycles. The molecule has 2 amide bonds. The van der Waals surface area contributed by atoms with Gasteiger partial charge in [0, 0.05) is 31.8 Å². The lowest BCUT2D eigenvalue weighted by atomic mass is 10.2. The van der Waals surface area contributed by atoms with Crippen LogP contribution >= 0.6 is 0 Å². The largest absolute Gasteiger partial charge is 0.436 e. The number of nitro groups is 1. The summed E-state index contributed by atoms with van der Waals surface area (Å²) >= 11 is 0. The fraction of sp³-hybridized carbons (Fsp3) is 0.353. The van der Waals surface area contributed by atoms with Gasteiger partial charge in [-0.15, -0.1) is 0 Å². The van der Waals surface area contributed by atoms with Crippen molar-refractivity contribution in [3.05, 3.63) is 46.5 Å². The van der Waals surface area contributed by atoms with E-state index in [1.54, 1.807) is 11.9 Å². The maximum absolute atomic E-state index is 14.0. The second kappa shape index (κ2) is 8.13. The molecular formula is C17H19FN6O4. The molecule has 2 heterocycles. The van der Waals surface area contributed by atoms with Crippen molar-refractivity contribution in [3.63, 3.8) is 0 Å². The quantitative estimate of drug-likeness (QED) is 0.616. The molecule has 28 heavy (non-hydrogen) atoms. The van der Waals surface area contributed by atoms with Gasteiger partial charge in [0.25, 0.3) is 5.69 Å². The zero-order valence-corrected chi connectivity index (χ0v) is 15.3. The molecule has 1 aromatic heterocycles. The van der Waals surface area contributed by atoms with Gasteiger partial charge in [-0.25, -0.2) is 19.2 Å². The monoisotopic (exact) mass is 390 g/mol. The van der Waals surface area contributed by atoms with Gasteiger partial charge in [0.05, 0.1) is 11.0 Å². The molecule has 2 aromatic rings. The summed E-state index contributed by atoms with van der Waals surface area (Å²) in [5.74, 6) is -0.951. The van der Waals surface area contributed by atoms with Gasteiger partial charge in [-0.1, -0.05) is 0 Å². The van der Waals surface area contributed by atoms with Gasteiger partial charge in [0.15, 0.2) is 11.6 Å². The number of aromatic nitrogens is 2. The third-order valence-electron chi connectivity index (χ3n) is 4.45. The Kier molecular flexibility index (Phi) is 5.64. The first-order valence-corrected chi connectivity index (χ1v) is 8.49. The number of amides is 2. The molecule has 1 N–H and O–H groups in total. The van der Waals surface area contributed by atoms with E-state index in [-0.39, 0.29) is 35.2 Å². The number of rotatable bonds is 5. The highest BCUT2D eigenvalue weighted by Gasteiger charge is 2.26. The zero-order valence-electron chi connectivity index (χ0n) is 15.3. The van der Waals surface area contributed by atoms with Gasteiger partial charge < -0.3 is 14.5 Å². The fourth-order valence-corrected chi connectivity index (χ4v) is 2.85. The lowest BCUT2D eigenvalue weighted by molar-refractivity contribution is -0.385. The average Bonchev–Trinajstić information content (AvgIpc) is 3.09. The standard InChI is InChI=1S/C17H19FN6O4/c1-22-6-5-12(9-22)23(2)17(25)21-15-8-16(20-10-19-15)28-14-4-3-11(24(26)27)7-13(14)18/h3-4,7-8,10,12H,5-6,9H2,1-2H3,(H,19,20,21,25). The van der Waals surface area contributed by atoms with Crippen molar-refractivity contribution in [3.8, 4) is 11.6 Å². The Bertz CT molecular complexity index is 896. The number of hydrogen-bond donors (Lipinski definition) is 1. The number of carbonyl (C=O) groups excluding carboxylic acids is 1. The fourth-order valence-electron chi connectivity index (χ4n) is 2.85. The number of ether oxygens (including phenoxy) is 1. The summed E-state index contributed by atoms with van der Waals surface area (Å²) in [5, 5.41) is 13.3. The molecule has 3 rings (SSSR count). The number of non-ortho nitro benzene ring substituents is 1. The Morgan fingerprint density at radius 1 is 1.43 bits per heavy atom. The Morgan fingerprint density at radius 2 is 2.21 bits per heavy atom. The Balaban J connectivity index is 1.67. The van der Waals surface area contributed by atoms with Crippen molar-refractivity contribution in [2.75, 3.05) is 32.5 Å². The van der Waals surface area contributed by atoms with Gasteiger partial charge in [-0.05, 0) is 26.1 Å². The predicted octanol–water partition coefficient (Wildman–Crippen LogP) is 2.48. The number of halogens is 1. The maximum Gasteiger partial charge on any atom is 0.323 e. The van der Waals surface area contributed by atoms with E-state index in [9.17, 15) is 19.3 Å². The molecule has 1 aliphatic heterocycles. The number of likely N-dealkylation sites (tertiary alicyclic amines) is 1. The van der Waals surface area contributed by atoms with Crippen molar-refractivity contribution in [1.82, 2.24) is 19.8 Å². The molecular weight excluding hydrogens is 371 g/mol. The van der Waals surface area contributed by atoms with E-state index in [0.717, 1.165) is 44.0 Å². The van der Waals surface area contributed by atoms with E-state index in [0.29, 0.717) is 0 Å². The number of nitrogens with zero attached hydrogens (tertiary/aromatic N) is 5. The van der Waals surface area contributed by atoms with E-state index < -0.39 is 10.7 Å². The summed E-state index contributed by atoms with van der Waals surface area (Å²) in [6, 6.07) is 4.14. The summed E-state index contributed by atoms with van der Waals surface area (Å²) < 4.78 is 19.3. The maximum atomic E-state index is 14.0. The van der Waals surface area contributed by atoms with Crippen LogP contribution in [0.1, 0.15) is 6.42 Å². The Labute approximate surface area is 160 Å². The first kappa shape index (κ1) is 19.4. The molecule has 1 saturated heterocycles. The Hall–Kier alpha value is -3.34. The predicted molar refractivity (Wildman–Crippen MR) is 97.8 cm³/mol. The molecule has 11 heteroatoms. The lowest BCUT2D eigenvalue weighted by Crippen LogP contribution is -2.41. The van der Waals surface area contributed by atoms with Gasteiger partial charge >= 0.3 is 6.03 Å². The van der Waals surface area contributed by atoms with Crippen molar-refractivity contribution in [1.29, 1.82) is 0 Å². The van der Waals surface area contributed by atoms with Crippen LogP contribution < -0.4 is 10.1 Å². The summed E-state index contributed by atoms with van der Waals surface area (Å²) in [7, 11) is 3.71. The van der Waals surface area contributed by atoms with E-state index in [2.05, 4.69) is 20.2 Å². The summed E-state index contributed by atoms with van der Waals surface area (Å²) in [6.45, 7) is 1.72. The van der Waals surface area contributed by atoms with E-state index in [1.807, 2.05) is 7.05 Å². The minimum Gasteiger partial charge on any atom is -0.436 e. The molecule has 0 bridgehead atoms. The van der Waals surface area contributed by atoms with Gasteiger partial charge in [0.2, 0.25) is 5.88 Å². The van der Waals surface area contributed by atoms with Crippen LogP contribution in [0.5, 0.6) is 11.6 Å². The number of likely N-dealkylation sites (N-methyl/N-ethyl adjacent to an activating group) is 2. The van der Waals surface area contributed by atoms with Crippen molar-refractivity contribution >= 4 is 17.5 Å². The van der Waals surface area contributed by atoms with Crippen LogP contribution in [0, 0.1) is 15.9 Å². The molecule has 1 fully saturated rings. The third-order valence-corrected chi connectivity index (χ3v) is 4.45. The SMILES string of the molecule is CN1CCC(N(C)C(=O)Nc2cc(Oc3ccc([N+](=O)[O-])cc3F)ncn2)C1. The van der Waals surface area contributed by atoms with Crippen LogP contribution in [0.25, 0.3) is 0 Å². The van der Waals surface area contributed by atoms with Crippen LogP contribution in [0.15, 0.2) is 30.6 Å². The van der Waals surface area contributed by atoms with Crippen molar-refractivity contribution in [2.24, 2.45) is 0 Å². The second-order valence-corrected chi connectivity index (χ2v) is 6.46. The molecule has 1 atom stereocenters. The van der Waals surface area contributed by atoms with Crippen LogP contribution in [-0.2, 0) is 0 Å². The van der Waals surface area contributed by atoms with Crippen molar-refractivity contribution in [2.45, 2.75) is 12.5 Å². The molecule has 0 aliphatic carbocycles.